The number of aromatic nitrogens is 3. The number of anilines is 1. The van der Waals surface area contributed by atoms with Gasteiger partial charge in [-0.25, -0.2) is 9.97 Å². The first-order chi connectivity index (χ1) is 13.4. The maximum Gasteiger partial charge on any atom is 0.291 e. The Morgan fingerprint density at radius 2 is 2.07 bits per heavy atom. The summed E-state index contributed by atoms with van der Waals surface area (Å²) in [6, 6.07) is 6.61. The predicted molar refractivity (Wildman–Crippen MR) is 101 cm³/mol. The number of likely N-dealkylation sites (tertiary alicyclic amines) is 1. The minimum absolute atomic E-state index is 0.0116. The van der Waals surface area contributed by atoms with Crippen LogP contribution in [0.3, 0.4) is 0 Å². The summed E-state index contributed by atoms with van der Waals surface area (Å²) in [5.41, 5.74) is 1.08. The number of halogens is 1. The lowest BCUT2D eigenvalue weighted by Gasteiger charge is -2.38. The Bertz CT molecular complexity index is 1090. The van der Waals surface area contributed by atoms with E-state index < -0.39 is 5.95 Å². The fraction of sp³-hybridized carbons (Fsp3) is 0.400. The van der Waals surface area contributed by atoms with Crippen molar-refractivity contribution in [3.63, 3.8) is 0 Å². The molecule has 1 aliphatic heterocycles. The molecule has 1 saturated carbocycles. The fourth-order valence-corrected chi connectivity index (χ4v) is 3.46. The molecule has 0 unspecified atom stereocenters. The Morgan fingerprint density at radius 1 is 1.29 bits per heavy atom. The summed E-state index contributed by atoms with van der Waals surface area (Å²) in [6.45, 7) is 4.90. The lowest BCUT2D eigenvalue weighted by Crippen LogP contribution is -2.49. The first-order valence-electron chi connectivity index (χ1n) is 9.38. The monoisotopic (exact) mass is 381 g/mol. The Morgan fingerprint density at radius 3 is 2.79 bits per heavy atom. The molecule has 144 valence electrons. The van der Waals surface area contributed by atoms with Gasteiger partial charge in [0.1, 0.15) is 11.6 Å². The van der Waals surface area contributed by atoms with Crippen molar-refractivity contribution in [2.24, 2.45) is 0 Å². The summed E-state index contributed by atoms with van der Waals surface area (Å²) in [4.78, 5) is 27.3. The van der Waals surface area contributed by atoms with Crippen LogP contribution >= 0.6 is 0 Å². The van der Waals surface area contributed by atoms with Gasteiger partial charge in [0.05, 0.1) is 11.1 Å². The van der Waals surface area contributed by atoms with Crippen molar-refractivity contribution < 1.29 is 13.6 Å². The van der Waals surface area contributed by atoms with Crippen molar-refractivity contribution >= 4 is 22.8 Å². The van der Waals surface area contributed by atoms with Crippen molar-refractivity contribution in [1.29, 1.82) is 0 Å². The number of furan rings is 1. The quantitative estimate of drug-likeness (QED) is 0.699. The Hall–Kier alpha value is -3.03. The Labute approximate surface area is 161 Å². The van der Waals surface area contributed by atoms with Crippen LogP contribution in [0.25, 0.3) is 11.1 Å². The third-order valence-corrected chi connectivity index (χ3v) is 5.45. The molecular weight excluding hydrogens is 361 g/mol. The molecule has 0 radical (unpaired) electrons. The number of aryl methyl sites for hydroxylation is 1. The minimum atomic E-state index is -0.506. The van der Waals surface area contributed by atoms with E-state index >= 15 is 0 Å². The van der Waals surface area contributed by atoms with Crippen LogP contribution in [0.15, 0.2) is 28.7 Å². The van der Waals surface area contributed by atoms with E-state index in [0.29, 0.717) is 30.3 Å². The third-order valence-electron chi connectivity index (χ3n) is 5.45. The number of fused-ring (bicyclic) bond motifs is 1. The number of nitrogens with zero attached hydrogens (tertiary/aromatic N) is 4. The zero-order valence-electron chi connectivity index (χ0n) is 15.7. The van der Waals surface area contributed by atoms with Gasteiger partial charge >= 0.3 is 0 Å². The van der Waals surface area contributed by atoms with Crippen LogP contribution < -0.4 is 5.32 Å². The molecule has 2 fully saturated rings. The van der Waals surface area contributed by atoms with Crippen molar-refractivity contribution in [2.75, 3.05) is 18.4 Å². The summed E-state index contributed by atoms with van der Waals surface area (Å²) in [5, 5.41) is 4.21. The van der Waals surface area contributed by atoms with Crippen molar-refractivity contribution in [3.8, 4) is 0 Å². The topological polar surface area (TPSA) is 84.2 Å². The van der Waals surface area contributed by atoms with Gasteiger partial charge in [0.2, 0.25) is 17.5 Å². The second-order valence-corrected chi connectivity index (χ2v) is 7.95. The van der Waals surface area contributed by atoms with Gasteiger partial charge in [-0.3, -0.25) is 4.79 Å². The SMILES string of the molecule is Cc1cc2c(NC3(C)CC3)nc(C(=O)N3CC(c4cccc(F)n4)C3)nc2o1. The summed E-state index contributed by atoms with van der Waals surface area (Å²) in [6.07, 6.45) is 2.13. The molecule has 5 rings (SSSR count). The highest BCUT2D eigenvalue weighted by Gasteiger charge is 2.39. The van der Waals surface area contributed by atoms with Gasteiger partial charge < -0.3 is 14.6 Å². The molecule has 1 saturated heterocycles. The van der Waals surface area contributed by atoms with Gasteiger partial charge in [-0.2, -0.15) is 9.37 Å². The van der Waals surface area contributed by atoms with E-state index in [-0.39, 0.29) is 23.2 Å². The van der Waals surface area contributed by atoms with Gasteiger partial charge in [0.25, 0.3) is 5.91 Å². The minimum Gasteiger partial charge on any atom is -0.443 e. The van der Waals surface area contributed by atoms with Crippen LogP contribution in [0, 0.1) is 12.9 Å². The highest BCUT2D eigenvalue weighted by atomic mass is 19.1. The maximum atomic E-state index is 13.3. The third kappa shape index (κ3) is 2.98. The number of carbonyl (C=O) groups is 1. The van der Waals surface area contributed by atoms with E-state index in [0.717, 1.165) is 24.0 Å². The molecule has 2 aliphatic rings. The molecule has 28 heavy (non-hydrogen) atoms. The highest BCUT2D eigenvalue weighted by Crippen LogP contribution is 2.39. The average Bonchev–Trinajstić information content (AvgIpc) is 3.19. The van der Waals surface area contributed by atoms with Crippen LogP contribution in [0.2, 0.25) is 0 Å². The molecule has 4 heterocycles. The highest BCUT2D eigenvalue weighted by molar-refractivity contribution is 5.95. The molecule has 7 nitrogen and oxygen atoms in total. The van der Waals surface area contributed by atoms with Crippen LogP contribution in [0.5, 0.6) is 0 Å². The predicted octanol–water partition coefficient (Wildman–Crippen LogP) is 3.27. The first-order valence-corrected chi connectivity index (χ1v) is 9.38. The smallest absolute Gasteiger partial charge is 0.291 e. The Balaban J connectivity index is 1.39. The summed E-state index contributed by atoms with van der Waals surface area (Å²) in [7, 11) is 0. The molecule has 3 aromatic rings. The van der Waals surface area contributed by atoms with Gasteiger partial charge in [-0.05, 0) is 44.9 Å². The molecule has 0 spiro atoms. The van der Waals surface area contributed by atoms with Gasteiger partial charge in [0, 0.05) is 24.5 Å². The van der Waals surface area contributed by atoms with Crippen molar-refractivity contribution in [2.45, 2.75) is 38.1 Å². The number of hydrogen-bond donors (Lipinski definition) is 1. The summed E-state index contributed by atoms with van der Waals surface area (Å²) in [5.74, 6) is 0.728. The molecule has 1 aliphatic carbocycles. The Kier molecular flexibility index (Phi) is 3.65. The number of amides is 1. The van der Waals surface area contributed by atoms with Gasteiger partial charge in [-0.15, -0.1) is 0 Å². The number of pyridine rings is 1. The molecule has 3 aromatic heterocycles. The van der Waals surface area contributed by atoms with Crippen LogP contribution in [0.1, 0.15) is 47.8 Å². The molecule has 1 amide bonds. The fourth-order valence-electron chi connectivity index (χ4n) is 3.46. The van der Waals surface area contributed by atoms with Crippen LogP contribution in [-0.4, -0.2) is 44.4 Å². The maximum absolute atomic E-state index is 13.3. The van der Waals surface area contributed by atoms with Crippen LogP contribution in [-0.2, 0) is 0 Å². The number of carbonyl (C=O) groups excluding carboxylic acids is 1. The second kappa shape index (κ2) is 5.98. The summed E-state index contributed by atoms with van der Waals surface area (Å²) < 4.78 is 19.0. The normalized spacial score (nSPS) is 18.2. The zero-order chi connectivity index (χ0) is 19.5. The van der Waals surface area contributed by atoms with Gasteiger partial charge in [0.15, 0.2) is 0 Å². The van der Waals surface area contributed by atoms with Crippen molar-refractivity contribution in [3.05, 3.63) is 47.5 Å². The molecular formula is C20H20FN5O2. The molecule has 0 atom stereocenters. The lowest BCUT2D eigenvalue weighted by atomic mass is 9.95. The van der Waals surface area contributed by atoms with Gasteiger partial charge in [-0.1, -0.05) is 6.07 Å². The van der Waals surface area contributed by atoms with E-state index in [4.69, 9.17) is 4.42 Å². The first kappa shape index (κ1) is 17.1. The van der Waals surface area contributed by atoms with E-state index in [1.807, 2.05) is 13.0 Å². The van der Waals surface area contributed by atoms with E-state index in [9.17, 15) is 9.18 Å². The zero-order valence-corrected chi connectivity index (χ0v) is 15.7. The second-order valence-electron chi connectivity index (χ2n) is 7.95. The van der Waals surface area contributed by atoms with E-state index in [1.54, 1.807) is 17.0 Å². The largest absolute Gasteiger partial charge is 0.443 e. The van der Waals surface area contributed by atoms with E-state index in [2.05, 4.69) is 27.2 Å². The standard InChI is InChI=1S/C20H20FN5O2/c1-11-8-13-16(25-20(2)6-7-20)23-17(24-18(13)28-11)19(27)26-9-12(10-26)14-4-3-5-15(21)22-14/h3-5,8,12H,6-7,9-10H2,1-2H3,(H,23,24,25). The molecule has 8 heteroatoms. The summed E-state index contributed by atoms with van der Waals surface area (Å²) >= 11 is 0. The average molecular weight is 381 g/mol. The number of hydrogen-bond acceptors (Lipinski definition) is 6. The molecule has 0 aromatic carbocycles. The molecule has 1 N–H and O–H groups in total. The van der Waals surface area contributed by atoms with Crippen LogP contribution in [0.4, 0.5) is 10.2 Å². The number of rotatable bonds is 4. The number of nitrogens with one attached hydrogen (secondary N) is 1. The molecule has 0 bridgehead atoms. The van der Waals surface area contributed by atoms with E-state index in [1.165, 1.54) is 6.07 Å². The van der Waals surface area contributed by atoms with Crippen molar-refractivity contribution in [1.82, 2.24) is 19.9 Å². The lowest BCUT2D eigenvalue weighted by molar-refractivity contribution is 0.0585.